The standard InChI is InChI=1S/C21H28Cl2N6O/c1-3-13-4-6-14(7-5-13)11-25-19-18(30-2)12-26-21(28-19)29-20(24)27-15-8-9-16(22)17(23)10-15/h8-10,12-14H,3-7,11H2,1-2H3,(H4,24,25,26,27,28,29). The molecule has 0 unspecified atom stereocenters. The molecule has 1 aromatic heterocycles. The summed E-state index contributed by atoms with van der Waals surface area (Å²) in [6.45, 7) is 3.13. The summed E-state index contributed by atoms with van der Waals surface area (Å²) in [5.74, 6) is 3.08. The van der Waals surface area contributed by atoms with Crippen molar-refractivity contribution in [3.8, 4) is 5.75 Å². The average molecular weight is 451 g/mol. The molecule has 0 spiro atoms. The number of rotatable bonds is 7. The van der Waals surface area contributed by atoms with Crippen LogP contribution in [-0.2, 0) is 0 Å². The molecule has 0 bridgehead atoms. The van der Waals surface area contributed by atoms with E-state index in [0.29, 0.717) is 33.2 Å². The molecule has 9 heteroatoms. The Kier molecular flexibility index (Phi) is 7.99. The van der Waals surface area contributed by atoms with E-state index >= 15 is 0 Å². The van der Waals surface area contributed by atoms with Crippen molar-refractivity contribution in [3.63, 3.8) is 0 Å². The van der Waals surface area contributed by atoms with E-state index < -0.39 is 0 Å². The molecule has 0 aliphatic heterocycles. The molecule has 7 nitrogen and oxygen atoms in total. The van der Waals surface area contributed by atoms with Gasteiger partial charge in [-0.25, -0.2) is 4.98 Å². The predicted molar refractivity (Wildman–Crippen MR) is 124 cm³/mol. The molecule has 3 rings (SSSR count). The van der Waals surface area contributed by atoms with Crippen molar-refractivity contribution in [3.05, 3.63) is 34.4 Å². The van der Waals surface area contributed by atoms with Gasteiger partial charge in [-0.3, -0.25) is 0 Å². The van der Waals surface area contributed by atoms with Gasteiger partial charge in [-0.1, -0.05) is 49.4 Å². The van der Waals surface area contributed by atoms with Crippen molar-refractivity contribution in [1.29, 1.82) is 0 Å². The minimum absolute atomic E-state index is 0.141. The summed E-state index contributed by atoms with van der Waals surface area (Å²) < 4.78 is 5.39. The van der Waals surface area contributed by atoms with Gasteiger partial charge in [0.25, 0.3) is 5.95 Å². The fourth-order valence-electron chi connectivity index (χ4n) is 3.63. The zero-order valence-electron chi connectivity index (χ0n) is 17.3. The van der Waals surface area contributed by atoms with Crippen LogP contribution in [0.25, 0.3) is 0 Å². The van der Waals surface area contributed by atoms with Gasteiger partial charge < -0.3 is 21.1 Å². The second kappa shape index (κ2) is 10.7. The number of aromatic nitrogens is 2. The summed E-state index contributed by atoms with van der Waals surface area (Å²) >= 11 is 12.0. The third kappa shape index (κ3) is 6.12. The maximum absolute atomic E-state index is 6.03. The summed E-state index contributed by atoms with van der Waals surface area (Å²) in [7, 11) is 1.60. The first-order valence-electron chi connectivity index (χ1n) is 10.2. The molecule has 2 aromatic rings. The minimum atomic E-state index is 0.141. The molecule has 162 valence electrons. The number of ether oxygens (including phenoxy) is 1. The Bertz CT molecular complexity index is 884. The van der Waals surface area contributed by atoms with Crippen molar-refractivity contribution in [2.24, 2.45) is 22.6 Å². The second-order valence-corrected chi connectivity index (χ2v) is 8.33. The summed E-state index contributed by atoms with van der Waals surface area (Å²) in [4.78, 5) is 12.9. The van der Waals surface area contributed by atoms with Crippen LogP contribution in [-0.4, -0.2) is 29.6 Å². The number of hydrogen-bond donors (Lipinski definition) is 3. The van der Waals surface area contributed by atoms with Gasteiger partial charge in [0.15, 0.2) is 11.6 Å². The molecular weight excluding hydrogens is 423 g/mol. The molecule has 0 amide bonds. The van der Waals surface area contributed by atoms with Crippen LogP contribution in [0, 0.1) is 11.8 Å². The molecule has 1 aliphatic carbocycles. The van der Waals surface area contributed by atoms with Crippen LogP contribution in [0.2, 0.25) is 10.0 Å². The number of guanidine groups is 1. The predicted octanol–water partition coefficient (Wildman–Crippen LogP) is 5.48. The normalized spacial score (nSPS) is 19.4. The van der Waals surface area contributed by atoms with E-state index in [0.717, 1.165) is 12.5 Å². The van der Waals surface area contributed by atoms with Crippen molar-refractivity contribution >= 4 is 46.6 Å². The fourth-order valence-corrected chi connectivity index (χ4v) is 3.93. The van der Waals surface area contributed by atoms with Crippen LogP contribution in [0.1, 0.15) is 39.0 Å². The first-order valence-corrected chi connectivity index (χ1v) is 10.9. The number of anilines is 2. The lowest BCUT2D eigenvalue weighted by Gasteiger charge is -2.28. The molecule has 1 heterocycles. The van der Waals surface area contributed by atoms with Crippen molar-refractivity contribution in [2.45, 2.75) is 39.0 Å². The van der Waals surface area contributed by atoms with Crippen LogP contribution in [0.15, 0.2) is 29.4 Å². The number of nitrogens with two attached hydrogens (primary N) is 1. The number of methoxy groups -OCH3 is 1. The van der Waals surface area contributed by atoms with E-state index in [1.165, 1.54) is 32.1 Å². The first-order chi connectivity index (χ1) is 14.5. The molecule has 4 N–H and O–H groups in total. The maximum Gasteiger partial charge on any atom is 0.254 e. The van der Waals surface area contributed by atoms with Crippen LogP contribution in [0.3, 0.4) is 0 Å². The Morgan fingerprint density at radius 1 is 1.20 bits per heavy atom. The van der Waals surface area contributed by atoms with Gasteiger partial charge in [0.05, 0.1) is 23.4 Å². The average Bonchev–Trinajstić information content (AvgIpc) is 2.75. The molecule has 0 atom stereocenters. The number of benzene rings is 1. The zero-order valence-corrected chi connectivity index (χ0v) is 18.8. The van der Waals surface area contributed by atoms with Crippen molar-refractivity contribution < 1.29 is 4.74 Å². The van der Waals surface area contributed by atoms with E-state index in [2.05, 4.69) is 32.5 Å². The first kappa shape index (κ1) is 22.4. The number of halogens is 2. The van der Waals surface area contributed by atoms with Crippen molar-refractivity contribution in [1.82, 2.24) is 9.97 Å². The second-order valence-electron chi connectivity index (χ2n) is 7.51. The minimum Gasteiger partial charge on any atom is -0.491 e. The molecular formula is C21H28Cl2N6O. The van der Waals surface area contributed by atoms with Gasteiger partial charge in [-0.2, -0.15) is 9.98 Å². The molecule has 0 radical (unpaired) electrons. The Balaban J connectivity index is 1.65. The zero-order chi connectivity index (χ0) is 21.5. The third-order valence-electron chi connectivity index (χ3n) is 5.48. The summed E-state index contributed by atoms with van der Waals surface area (Å²) in [5, 5.41) is 7.25. The molecule has 1 saturated carbocycles. The van der Waals surface area contributed by atoms with E-state index in [1.807, 2.05) is 0 Å². The van der Waals surface area contributed by atoms with Gasteiger partial charge in [0.1, 0.15) is 0 Å². The highest BCUT2D eigenvalue weighted by Gasteiger charge is 2.20. The Morgan fingerprint density at radius 2 is 1.93 bits per heavy atom. The smallest absolute Gasteiger partial charge is 0.254 e. The molecule has 30 heavy (non-hydrogen) atoms. The Labute approximate surface area is 187 Å². The van der Waals surface area contributed by atoms with E-state index in [-0.39, 0.29) is 11.9 Å². The monoisotopic (exact) mass is 450 g/mol. The number of hydrogen-bond acceptors (Lipinski definition) is 5. The number of aliphatic imine (C=N–C) groups is 1. The largest absolute Gasteiger partial charge is 0.491 e. The quantitative estimate of drug-likeness (QED) is 0.381. The van der Waals surface area contributed by atoms with E-state index in [1.54, 1.807) is 31.5 Å². The van der Waals surface area contributed by atoms with Crippen molar-refractivity contribution in [2.75, 3.05) is 24.3 Å². The SMILES string of the molecule is CCC1CCC(CNc2nc(N=C(N)Nc3ccc(Cl)c(Cl)c3)ncc2OC)CC1. The molecule has 1 aliphatic rings. The lowest BCUT2D eigenvalue weighted by atomic mass is 9.81. The summed E-state index contributed by atoms with van der Waals surface area (Å²) in [6.07, 6.45) is 7.95. The van der Waals surface area contributed by atoms with Gasteiger partial charge >= 0.3 is 0 Å². The fraction of sp³-hybridized carbons (Fsp3) is 0.476. The van der Waals surface area contributed by atoms with E-state index in [9.17, 15) is 0 Å². The van der Waals surface area contributed by atoms with Gasteiger partial charge in [-0.05, 0) is 42.9 Å². The van der Waals surface area contributed by atoms with Crippen LogP contribution in [0.5, 0.6) is 5.75 Å². The Morgan fingerprint density at radius 3 is 2.60 bits per heavy atom. The number of nitrogens with zero attached hydrogens (tertiary/aromatic N) is 3. The maximum atomic E-state index is 6.03. The highest BCUT2D eigenvalue weighted by atomic mass is 35.5. The molecule has 1 aromatic carbocycles. The van der Waals surface area contributed by atoms with Crippen LogP contribution < -0.4 is 21.1 Å². The van der Waals surface area contributed by atoms with Crippen LogP contribution >= 0.6 is 23.2 Å². The highest BCUT2D eigenvalue weighted by molar-refractivity contribution is 6.42. The summed E-state index contributed by atoms with van der Waals surface area (Å²) in [5.41, 5.74) is 6.66. The van der Waals surface area contributed by atoms with Gasteiger partial charge in [0.2, 0.25) is 5.96 Å². The number of nitrogens with one attached hydrogen (secondary N) is 2. The lowest BCUT2D eigenvalue weighted by Crippen LogP contribution is -2.22. The van der Waals surface area contributed by atoms with E-state index in [4.69, 9.17) is 33.7 Å². The molecule has 1 fully saturated rings. The van der Waals surface area contributed by atoms with Gasteiger partial charge in [0, 0.05) is 12.2 Å². The Hall–Kier alpha value is -2.25. The topological polar surface area (TPSA) is 97.5 Å². The molecule has 0 saturated heterocycles. The summed E-state index contributed by atoms with van der Waals surface area (Å²) in [6, 6.07) is 5.10. The lowest BCUT2D eigenvalue weighted by molar-refractivity contribution is 0.278. The third-order valence-corrected chi connectivity index (χ3v) is 6.22. The van der Waals surface area contributed by atoms with Gasteiger partial charge in [-0.15, -0.1) is 0 Å². The highest BCUT2D eigenvalue weighted by Crippen LogP contribution is 2.31. The van der Waals surface area contributed by atoms with Crippen LogP contribution in [0.4, 0.5) is 17.5 Å².